The fourth-order valence-corrected chi connectivity index (χ4v) is 4.15. The molecule has 0 bridgehead atoms. The number of ether oxygens (including phenoxy) is 1. The number of sulfonamides is 1. The highest BCUT2D eigenvalue weighted by Crippen LogP contribution is 2.27. The lowest BCUT2D eigenvalue weighted by Crippen LogP contribution is -2.15. The fourth-order valence-electron chi connectivity index (χ4n) is 2.80. The lowest BCUT2D eigenvalue weighted by molar-refractivity contribution is 0.411. The molecule has 2 aromatic carbocycles. The van der Waals surface area contributed by atoms with Crippen LogP contribution in [0.2, 0.25) is 0 Å². The van der Waals surface area contributed by atoms with Crippen LogP contribution >= 0.6 is 0 Å². The Kier molecular flexibility index (Phi) is 5.56. The molecule has 0 aliphatic heterocycles. The summed E-state index contributed by atoms with van der Waals surface area (Å²) in [6.07, 6.45) is 1.49. The van der Waals surface area contributed by atoms with E-state index in [0.717, 1.165) is 11.3 Å². The number of methoxy groups -OCH3 is 1. The fraction of sp³-hybridized carbons (Fsp3) is 0.190. The van der Waals surface area contributed by atoms with Crippen LogP contribution in [0, 0.1) is 20.8 Å². The molecule has 146 valence electrons. The van der Waals surface area contributed by atoms with Gasteiger partial charge in [0.05, 0.1) is 23.9 Å². The molecule has 7 heteroatoms. The molecular weight excluding hydrogens is 374 g/mol. The molecule has 0 fully saturated rings. The number of aryl methyl sites for hydroxylation is 3. The number of benzene rings is 2. The van der Waals surface area contributed by atoms with Gasteiger partial charge in [0, 0.05) is 5.69 Å². The molecule has 6 nitrogen and oxygen atoms in total. The van der Waals surface area contributed by atoms with Gasteiger partial charge in [-0.3, -0.25) is 4.72 Å². The quantitative estimate of drug-likeness (QED) is 0.637. The number of anilines is 3. The summed E-state index contributed by atoms with van der Waals surface area (Å²) in [6, 6.07) is 14.7. The van der Waals surface area contributed by atoms with Crippen LogP contribution in [-0.4, -0.2) is 20.5 Å². The molecule has 0 unspecified atom stereocenters. The van der Waals surface area contributed by atoms with Crippen molar-refractivity contribution in [1.82, 2.24) is 4.98 Å². The Hall–Kier alpha value is -3.06. The molecule has 0 spiro atoms. The molecule has 1 aromatic heterocycles. The Morgan fingerprint density at radius 3 is 2.18 bits per heavy atom. The van der Waals surface area contributed by atoms with Crippen LogP contribution in [0.5, 0.6) is 5.75 Å². The smallest absolute Gasteiger partial charge is 0.262 e. The molecule has 0 aliphatic carbocycles. The number of aromatic nitrogens is 1. The van der Waals surface area contributed by atoms with Crippen molar-refractivity contribution in [2.45, 2.75) is 25.7 Å². The van der Waals surface area contributed by atoms with E-state index in [9.17, 15) is 8.42 Å². The van der Waals surface area contributed by atoms with Crippen molar-refractivity contribution in [2.24, 2.45) is 0 Å². The lowest BCUT2D eigenvalue weighted by Gasteiger charge is -2.13. The van der Waals surface area contributed by atoms with Gasteiger partial charge in [-0.1, -0.05) is 17.7 Å². The predicted molar refractivity (Wildman–Crippen MR) is 112 cm³/mol. The van der Waals surface area contributed by atoms with E-state index in [1.165, 1.54) is 11.8 Å². The number of nitrogens with zero attached hydrogens (tertiary/aromatic N) is 1. The predicted octanol–water partition coefficient (Wildman–Crippen LogP) is 4.56. The first-order valence-corrected chi connectivity index (χ1v) is 10.2. The van der Waals surface area contributed by atoms with Crippen LogP contribution in [0.25, 0.3) is 0 Å². The van der Waals surface area contributed by atoms with E-state index >= 15 is 0 Å². The van der Waals surface area contributed by atoms with Gasteiger partial charge in [0.1, 0.15) is 11.6 Å². The zero-order valence-corrected chi connectivity index (χ0v) is 17.1. The van der Waals surface area contributed by atoms with Crippen molar-refractivity contribution >= 4 is 27.2 Å². The average Bonchev–Trinajstić information content (AvgIpc) is 2.66. The largest absolute Gasteiger partial charge is 0.496 e. The van der Waals surface area contributed by atoms with E-state index in [-0.39, 0.29) is 4.90 Å². The minimum absolute atomic E-state index is 0.215. The minimum atomic E-state index is -3.73. The molecule has 2 N–H and O–H groups in total. The number of nitrogens with one attached hydrogen (secondary N) is 2. The SMILES string of the molecule is COc1cc(C)c(S(=O)(=O)Nc2ccc(Nc3ccc(C)cc3)nc2)cc1C. The lowest BCUT2D eigenvalue weighted by atomic mass is 10.1. The van der Waals surface area contributed by atoms with Crippen LogP contribution < -0.4 is 14.8 Å². The van der Waals surface area contributed by atoms with Crippen LogP contribution in [0.3, 0.4) is 0 Å². The number of hydrogen-bond donors (Lipinski definition) is 2. The van der Waals surface area contributed by atoms with Gasteiger partial charge in [-0.2, -0.15) is 0 Å². The molecule has 28 heavy (non-hydrogen) atoms. The summed E-state index contributed by atoms with van der Waals surface area (Å²) >= 11 is 0. The monoisotopic (exact) mass is 397 g/mol. The molecular formula is C21H23N3O3S. The van der Waals surface area contributed by atoms with Gasteiger partial charge >= 0.3 is 0 Å². The van der Waals surface area contributed by atoms with Crippen LogP contribution in [0.15, 0.2) is 59.6 Å². The van der Waals surface area contributed by atoms with Crippen LogP contribution in [-0.2, 0) is 10.0 Å². The molecule has 0 saturated carbocycles. The zero-order chi connectivity index (χ0) is 20.3. The summed E-state index contributed by atoms with van der Waals surface area (Å²) in [5, 5.41) is 3.18. The third kappa shape index (κ3) is 4.43. The third-order valence-electron chi connectivity index (χ3n) is 4.32. The summed E-state index contributed by atoms with van der Waals surface area (Å²) in [6.45, 7) is 5.57. The van der Waals surface area contributed by atoms with Gasteiger partial charge in [-0.15, -0.1) is 0 Å². The summed E-state index contributed by atoms with van der Waals surface area (Å²) < 4.78 is 33.4. The van der Waals surface area contributed by atoms with Crippen molar-refractivity contribution in [3.8, 4) is 5.75 Å². The van der Waals surface area contributed by atoms with Gasteiger partial charge < -0.3 is 10.1 Å². The standard InChI is InChI=1S/C21H23N3O3S/c1-14-5-7-17(8-6-14)23-21-10-9-18(13-22-21)24-28(25,26)20-12-15(2)19(27-4)11-16(20)3/h5-13,24H,1-4H3,(H,22,23). The normalized spacial score (nSPS) is 11.1. The molecule has 3 aromatic rings. The van der Waals surface area contributed by atoms with Crippen molar-refractivity contribution in [1.29, 1.82) is 0 Å². The maximum Gasteiger partial charge on any atom is 0.262 e. The Morgan fingerprint density at radius 2 is 1.57 bits per heavy atom. The van der Waals surface area contributed by atoms with Crippen molar-refractivity contribution < 1.29 is 13.2 Å². The van der Waals surface area contributed by atoms with E-state index in [1.807, 2.05) is 38.1 Å². The van der Waals surface area contributed by atoms with E-state index in [1.54, 1.807) is 38.3 Å². The second kappa shape index (κ2) is 7.90. The van der Waals surface area contributed by atoms with Crippen LogP contribution in [0.4, 0.5) is 17.2 Å². The molecule has 3 rings (SSSR count). The number of rotatable bonds is 6. The highest BCUT2D eigenvalue weighted by atomic mass is 32.2. The van der Waals surface area contributed by atoms with Crippen molar-refractivity contribution in [3.63, 3.8) is 0 Å². The summed E-state index contributed by atoms with van der Waals surface area (Å²) in [5.74, 6) is 1.29. The Balaban J connectivity index is 1.77. The molecule has 1 heterocycles. The summed E-state index contributed by atoms with van der Waals surface area (Å²) in [4.78, 5) is 4.50. The molecule has 0 aliphatic rings. The maximum atomic E-state index is 12.8. The first-order valence-electron chi connectivity index (χ1n) is 8.76. The van der Waals surface area contributed by atoms with Crippen molar-refractivity contribution in [2.75, 3.05) is 17.1 Å². The first-order chi connectivity index (χ1) is 13.3. The number of pyridine rings is 1. The molecule has 0 radical (unpaired) electrons. The maximum absolute atomic E-state index is 12.8. The minimum Gasteiger partial charge on any atom is -0.496 e. The summed E-state index contributed by atoms with van der Waals surface area (Å²) in [5.41, 5.74) is 3.84. The molecule has 0 atom stereocenters. The van der Waals surface area contributed by atoms with Crippen LogP contribution in [0.1, 0.15) is 16.7 Å². The van der Waals surface area contributed by atoms with Gasteiger partial charge in [0.15, 0.2) is 0 Å². The average molecular weight is 398 g/mol. The van der Waals surface area contributed by atoms with Gasteiger partial charge in [-0.05, 0) is 68.3 Å². The molecule has 0 amide bonds. The van der Waals surface area contributed by atoms with E-state index in [2.05, 4.69) is 15.0 Å². The Morgan fingerprint density at radius 1 is 0.893 bits per heavy atom. The van der Waals surface area contributed by atoms with E-state index < -0.39 is 10.0 Å². The van der Waals surface area contributed by atoms with Gasteiger partial charge in [0.25, 0.3) is 10.0 Å². The first kappa shape index (κ1) is 19.7. The summed E-state index contributed by atoms with van der Waals surface area (Å²) in [7, 11) is -2.17. The second-order valence-corrected chi connectivity index (χ2v) is 8.27. The zero-order valence-electron chi connectivity index (χ0n) is 16.3. The molecule has 0 saturated heterocycles. The Labute approximate surface area is 165 Å². The van der Waals surface area contributed by atoms with Gasteiger partial charge in [0.2, 0.25) is 0 Å². The highest BCUT2D eigenvalue weighted by molar-refractivity contribution is 7.92. The van der Waals surface area contributed by atoms with E-state index in [0.29, 0.717) is 22.8 Å². The van der Waals surface area contributed by atoms with Gasteiger partial charge in [-0.25, -0.2) is 13.4 Å². The topological polar surface area (TPSA) is 80.3 Å². The van der Waals surface area contributed by atoms with Crippen molar-refractivity contribution in [3.05, 3.63) is 71.4 Å². The second-order valence-electron chi connectivity index (χ2n) is 6.62. The Bertz CT molecular complexity index is 1080. The number of hydrogen-bond acceptors (Lipinski definition) is 5. The van der Waals surface area contributed by atoms with E-state index in [4.69, 9.17) is 4.74 Å². The third-order valence-corrected chi connectivity index (χ3v) is 5.84. The highest BCUT2D eigenvalue weighted by Gasteiger charge is 2.19.